The standard InChI is InChI=1S/C21H21N5O/c1-14-18-10-15(12-22-21(18)24-23-14)8-9-20(27)25(2)13-17-11-16-6-4-5-7-19(16)26(17)3/h4-12H,13H2,1-3H3,(H,22,23,24)/b9-8+. The molecule has 0 spiro atoms. The molecule has 3 aromatic heterocycles. The number of H-pyrrole nitrogens is 1. The molecule has 6 heteroatoms. The van der Waals surface area contributed by atoms with Gasteiger partial charge in [0.05, 0.1) is 6.54 Å². The SMILES string of the molecule is Cc1[nH]nc2ncc(/C=C/C(=O)N(C)Cc3cc4ccccc4n3C)cc12. The molecule has 0 aliphatic heterocycles. The molecule has 4 rings (SSSR count). The fourth-order valence-corrected chi connectivity index (χ4v) is 3.24. The highest BCUT2D eigenvalue weighted by atomic mass is 16.2. The minimum atomic E-state index is -0.0516. The zero-order valence-electron chi connectivity index (χ0n) is 15.6. The predicted octanol–water partition coefficient (Wildman–Crippen LogP) is 3.43. The molecule has 3 heterocycles. The van der Waals surface area contributed by atoms with E-state index in [-0.39, 0.29) is 5.91 Å². The number of pyridine rings is 1. The van der Waals surface area contributed by atoms with Gasteiger partial charge in [-0.2, -0.15) is 5.10 Å². The average molecular weight is 359 g/mol. The summed E-state index contributed by atoms with van der Waals surface area (Å²) in [6.07, 6.45) is 5.09. The number of aromatic amines is 1. The summed E-state index contributed by atoms with van der Waals surface area (Å²) >= 11 is 0. The lowest BCUT2D eigenvalue weighted by Crippen LogP contribution is -2.25. The molecule has 1 aromatic carbocycles. The number of amides is 1. The Balaban J connectivity index is 1.50. The second-order valence-electron chi connectivity index (χ2n) is 6.77. The average Bonchev–Trinajstić information content (AvgIpc) is 3.20. The Bertz CT molecular complexity index is 1170. The molecule has 0 atom stereocenters. The number of nitrogens with zero attached hydrogens (tertiary/aromatic N) is 4. The van der Waals surface area contributed by atoms with Crippen LogP contribution in [0.4, 0.5) is 0 Å². The van der Waals surface area contributed by atoms with Crippen molar-refractivity contribution >= 4 is 33.9 Å². The van der Waals surface area contributed by atoms with Crippen molar-refractivity contribution < 1.29 is 4.79 Å². The van der Waals surface area contributed by atoms with Crippen LogP contribution in [0.3, 0.4) is 0 Å². The molecule has 0 saturated heterocycles. The number of para-hydroxylation sites is 1. The van der Waals surface area contributed by atoms with Crippen molar-refractivity contribution in [3.8, 4) is 0 Å². The van der Waals surface area contributed by atoms with Gasteiger partial charge in [-0.15, -0.1) is 0 Å². The van der Waals surface area contributed by atoms with Crippen molar-refractivity contribution in [3.63, 3.8) is 0 Å². The lowest BCUT2D eigenvalue weighted by atomic mass is 10.2. The summed E-state index contributed by atoms with van der Waals surface area (Å²) in [6.45, 7) is 2.50. The first-order valence-electron chi connectivity index (χ1n) is 8.80. The number of carbonyl (C=O) groups is 1. The van der Waals surface area contributed by atoms with E-state index < -0.39 is 0 Å². The van der Waals surface area contributed by atoms with Crippen molar-refractivity contribution in [1.82, 2.24) is 24.6 Å². The molecular formula is C21H21N5O. The molecule has 6 nitrogen and oxygen atoms in total. The molecule has 0 radical (unpaired) electrons. The number of nitrogens with one attached hydrogen (secondary N) is 1. The first kappa shape index (κ1) is 17.0. The lowest BCUT2D eigenvalue weighted by molar-refractivity contribution is -0.125. The van der Waals surface area contributed by atoms with Crippen LogP contribution in [-0.2, 0) is 18.4 Å². The van der Waals surface area contributed by atoms with Crippen LogP contribution in [0.15, 0.2) is 48.7 Å². The topological polar surface area (TPSA) is 66.8 Å². The Morgan fingerprint density at radius 1 is 1.30 bits per heavy atom. The Kier molecular flexibility index (Phi) is 4.24. The highest BCUT2D eigenvalue weighted by Crippen LogP contribution is 2.19. The second-order valence-corrected chi connectivity index (χ2v) is 6.77. The van der Waals surface area contributed by atoms with Gasteiger partial charge < -0.3 is 9.47 Å². The summed E-state index contributed by atoms with van der Waals surface area (Å²) in [5.41, 5.74) is 4.78. The molecule has 0 unspecified atom stereocenters. The lowest BCUT2D eigenvalue weighted by Gasteiger charge is -2.15. The third-order valence-corrected chi connectivity index (χ3v) is 4.87. The predicted molar refractivity (Wildman–Crippen MR) is 107 cm³/mol. The van der Waals surface area contributed by atoms with E-state index >= 15 is 0 Å². The van der Waals surface area contributed by atoms with E-state index in [4.69, 9.17) is 0 Å². The van der Waals surface area contributed by atoms with Crippen molar-refractivity contribution in [2.45, 2.75) is 13.5 Å². The van der Waals surface area contributed by atoms with E-state index in [1.807, 2.05) is 39.2 Å². The van der Waals surface area contributed by atoms with Gasteiger partial charge in [0.2, 0.25) is 5.91 Å². The number of likely N-dealkylation sites (N-methyl/N-ethyl adjacent to an activating group) is 1. The van der Waals surface area contributed by atoms with Gasteiger partial charge in [0.1, 0.15) is 0 Å². The highest BCUT2D eigenvalue weighted by molar-refractivity contribution is 5.92. The Morgan fingerprint density at radius 3 is 2.93 bits per heavy atom. The molecule has 1 N–H and O–H groups in total. The number of aryl methyl sites for hydroxylation is 2. The maximum Gasteiger partial charge on any atom is 0.246 e. The third-order valence-electron chi connectivity index (χ3n) is 4.87. The van der Waals surface area contributed by atoms with Gasteiger partial charge in [0, 0.05) is 48.7 Å². The minimum Gasteiger partial charge on any atom is -0.346 e. The maximum absolute atomic E-state index is 12.5. The summed E-state index contributed by atoms with van der Waals surface area (Å²) in [6, 6.07) is 12.3. The molecule has 0 saturated carbocycles. The number of fused-ring (bicyclic) bond motifs is 2. The summed E-state index contributed by atoms with van der Waals surface area (Å²) < 4.78 is 2.13. The summed E-state index contributed by atoms with van der Waals surface area (Å²) in [5.74, 6) is -0.0516. The molecular weight excluding hydrogens is 338 g/mol. The summed E-state index contributed by atoms with van der Waals surface area (Å²) in [7, 11) is 3.84. The molecule has 0 aliphatic rings. The van der Waals surface area contributed by atoms with Crippen LogP contribution in [0.1, 0.15) is 17.0 Å². The van der Waals surface area contributed by atoms with Crippen molar-refractivity contribution in [1.29, 1.82) is 0 Å². The second kappa shape index (κ2) is 6.72. The van der Waals surface area contributed by atoms with Gasteiger partial charge in [-0.25, -0.2) is 4.98 Å². The Labute approximate surface area is 157 Å². The number of benzene rings is 1. The maximum atomic E-state index is 12.5. The van der Waals surface area contributed by atoms with Crippen molar-refractivity contribution in [3.05, 3.63) is 65.6 Å². The third kappa shape index (κ3) is 3.21. The van der Waals surface area contributed by atoms with Crippen LogP contribution >= 0.6 is 0 Å². The van der Waals surface area contributed by atoms with Gasteiger partial charge in [-0.1, -0.05) is 18.2 Å². The summed E-state index contributed by atoms with van der Waals surface area (Å²) in [4.78, 5) is 18.5. The van der Waals surface area contributed by atoms with Crippen LogP contribution in [0, 0.1) is 6.92 Å². The van der Waals surface area contributed by atoms with Gasteiger partial charge in [0.25, 0.3) is 0 Å². The first-order valence-corrected chi connectivity index (χ1v) is 8.80. The summed E-state index contributed by atoms with van der Waals surface area (Å²) in [5, 5.41) is 9.18. The molecule has 136 valence electrons. The first-order chi connectivity index (χ1) is 13.0. The van der Waals surface area contributed by atoms with Crippen LogP contribution in [-0.4, -0.2) is 37.6 Å². The van der Waals surface area contributed by atoms with Crippen molar-refractivity contribution in [2.75, 3.05) is 7.05 Å². The van der Waals surface area contributed by atoms with Crippen LogP contribution < -0.4 is 0 Å². The minimum absolute atomic E-state index is 0.0516. The van der Waals surface area contributed by atoms with Gasteiger partial charge in [-0.05, 0) is 42.1 Å². The zero-order chi connectivity index (χ0) is 19.0. The van der Waals surface area contributed by atoms with E-state index in [0.29, 0.717) is 12.2 Å². The molecule has 0 fully saturated rings. The number of aromatic nitrogens is 4. The monoisotopic (exact) mass is 359 g/mol. The van der Waals surface area contributed by atoms with E-state index in [0.717, 1.165) is 22.3 Å². The molecule has 27 heavy (non-hydrogen) atoms. The normalized spacial score (nSPS) is 11.7. The van der Waals surface area contributed by atoms with Crippen LogP contribution in [0.5, 0.6) is 0 Å². The van der Waals surface area contributed by atoms with E-state index in [1.54, 1.807) is 23.2 Å². The number of rotatable bonds is 4. The van der Waals surface area contributed by atoms with Crippen LogP contribution in [0.2, 0.25) is 0 Å². The zero-order valence-corrected chi connectivity index (χ0v) is 15.6. The largest absolute Gasteiger partial charge is 0.346 e. The van der Waals surface area contributed by atoms with Crippen LogP contribution in [0.25, 0.3) is 28.0 Å². The molecule has 0 bridgehead atoms. The molecule has 1 amide bonds. The van der Waals surface area contributed by atoms with Gasteiger partial charge in [0.15, 0.2) is 5.65 Å². The molecule has 4 aromatic rings. The van der Waals surface area contributed by atoms with Crippen molar-refractivity contribution in [2.24, 2.45) is 7.05 Å². The van der Waals surface area contributed by atoms with Gasteiger partial charge >= 0.3 is 0 Å². The Morgan fingerprint density at radius 2 is 2.11 bits per heavy atom. The van der Waals surface area contributed by atoms with E-state index in [2.05, 4.69) is 37.9 Å². The number of hydrogen-bond donors (Lipinski definition) is 1. The molecule has 0 aliphatic carbocycles. The Hall–Kier alpha value is -3.41. The fraction of sp³-hybridized carbons (Fsp3) is 0.190. The number of carbonyl (C=O) groups excluding carboxylic acids is 1. The fourth-order valence-electron chi connectivity index (χ4n) is 3.24. The van der Waals surface area contributed by atoms with Gasteiger partial charge in [-0.3, -0.25) is 9.89 Å². The quantitative estimate of drug-likeness (QED) is 0.568. The van der Waals surface area contributed by atoms with E-state index in [1.165, 1.54) is 10.9 Å². The smallest absolute Gasteiger partial charge is 0.246 e. The van der Waals surface area contributed by atoms with E-state index in [9.17, 15) is 4.79 Å². The highest BCUT2D eigenvalue weighted by Gasteiger charge is 2.11. The number of hydrogen-bond acceptors (Lipinski definition) is 3.